The van der Waals surface area contributed by atoms with Crippen molar-refractivity contribution in [2.45, 2.75) is 52.5 Å². The van der Waals surface area contributed by atoms with Crippen LogP contribution in [0.25, 0.3) is 0 Å². The van der Waals surface area contributed by atoms with Gasteiger partial charge in [-0.2, -0.15) is 0 Å². The molecular weight excluding hydrogens is 210 g/mol. The van der Waals surface area contributed by atoms with Gasteiger partial charge in [-0.05, 0) is 46.0 Å². The van der Waals surface area contributed by atoms with Gasteiger partial charge < -0.3 is 4.90 Å². The summed E-state index contributed by atoms with van der Waals surface area (Å²) in [6.45, 7) is 8.59. The van der Waals surface area contributed by atoms with E-state index in [-0.39, 0.29) is 11.4 Å². The maximum Gasteiger partial charge on any atom is 0.220 e. The van der Waals surface area contributed by atoms with Crippen LogP contribution in [0, 0.1) is 5.92 Å². The predicted octanol–water partition coefficient (Wildman–Crippen LogP) is 3.55. The lowest BCUT2D eigenvalue weighted by Crippen LogP contribution is -2.44. The largest absolute Gasteiger partial charge is 0.334 e. The molecule has 0 saturated carbocycles. The van der Waals surface area contributed by atoms with Crippen molar-refractivity contribution < 1.29 is 4.79 Å². The lowest BCUT2D eigenvalue weighted by molar-refractivity contribution is -0.132. The van der Waals surface area contributed by atoms with E-state index in [9.17, 15) is 4.79 Å². The molecule has 0 radical (unpaired) electrons. The number of hydrogen-bond donors (Lipinski definition) is 0. The van der Waals surface area contributed by atoms with Gasteiger partial charge in [0.1, 0.15) is 0 Å². The van der Waals surface area contributed by atoms with Crippen LogP contribution < -0.4 is 0 Å². The molecule has 0 aromatic carbocycles. The van der Waals surface area contributed by atoms with E-state index in [1.807, 2.05) is 4.90 Å². The Balaban J connectivity index is 2.49. The highest BCUT2D eigenvalue weighted by atomic mass is 16.2. The van der Waals surface area contributed by atoms with E-state index in [1.54, 1.807) is 6.92 Å². The van der Waals surface area contributed by atoms with E-state index in [2.05, 4.69) is 45.1 Å². The molecule has 2 heteroatoms. The van der Waals surface area contributed by atoms with Gasteiger partial charge >= 0.3 is 0 Å². The van der Waals surface area contributed by atoms with Crippen LogP contribution in [0.2, 0.25) is 0 Å². The lowest BCUT2D eigenvalue weighted by atomic mass is 9.94. The van der Waals surface area contributed by atoms with Crippen LogP contribution in [0.3, 0.4) is 0 Å². The fourth-order valence-electron chi connectivity index (χ4n) is 2.23. The van der Waals surface area contributed by atoms with E-state index < -0.39 is 0 Å². The summed E-state index contributed by atoms with van der Waals surface area (Å²) in [6, 6.07) is 0. The first-order chi connectivity index (χ1) is 7.91. The third-order valence-electron chi connectivity index (χ3n) is 3.20. The summed E-state index contributed by atoms with van der Waals surface area (Å²) in [5.41, 5.74) is -0.0946. The Morgan fingerprint density at radius 3 is 2.59 bits per heavy atom. The Morgan fingerprint density at radius 1 is 1.41 bits per heavy atom. The molecule has 1 aliphatic carbocycles. The summed E-state index contributed by atoms with van der Waals surface area (Å²) in [7, 11) is 0. The third-order valence-corrected chi connectivity index (χ3v) is 3.20. The molecule has 0 bridgehead atoms. The van der Waals surface area contributed by atoms with Gasteiger partial charge in [-0.25, -0.2) is 0 Å². The van der Waals surface area contributed by atoms with Gasteiger partial charge in [-0.15, -0.1) is 0 Å². The first-order valence-corrected chi connectivity index (χ1v) is 6.51. The highest BCUT2D eigenvalue weighted by Crippen LogP contribution is 2.19. The van der Waals surface area contributed by atoms with Crippen molar-refractivity contribution in [2.75, 3.05) is 6.54 Å². The van der Waals surface area contributed by atoms with Crippen LogP contribution in [0.15, 0.2) is 24.3 Å². The number of carbonyl (C=O) groups excluding carboxylic acids is 1. The van der Waals surface area contributed by atoms with Crippen LogP contribution in [-0.2, 0) is 4.79 Å². The van der Waals surface area contributed by atoms with Crippen LogP contribution in [0.5, 0.6) is 0 Å². The van der Waals surface area contributed by atoms with Crippen molar-refractivity contribution in [3.8, 4) is 0 Å². The molecule has 0 spiro atoms. The molecule has 1 atom stereocenters. The second kappa shape index (κ2) is 6.04. The van der Waals surface area contributed by atoms with Crippen molar-refractivity contribution >= 4 is 5.91 Å². The van der Waals surface area contributed by atoms with Crippen molar-refractivity contribution in [3.63, 3.8) is 0 Å². The standard InChI is InChI=1S/C15H25NO/c1-13(17)16(15(2,3)4)12-8-11-14-9-6-5-7-10-14/h5-6,8,11,14H,7,9-10,12H2,1-4H3. The molecule has 0 aromatic rings. The van der Waals surface area contributed by atoms with Gasteiger partial charge in [0.05, 0.1) is 0 Å². The zero-order valence-corrected chi connectivity index (χ0v) is 11.6. The molecule has 1 amide bonds. The van der Waals surface area contributed by atoms with Gasteiger partial charge in [0.15, 0.2) is 0 Å². The Hall–Kier alpha value is -1.05. The Morgan fingerprint density at radius 2 is 2.12 bits per heavy atom. The van der Waals surface area contributed by atoms with E-state index in [0.717, 1.165) is 13.0 Å². The smallest absolute Gasteiger partial charge is 0.220 e. The molecule has 0 heterocycles. The average Bonchev–Trinajstić information content (AvgIpc) is 2.23. The molecule has 2 nitrogen and oxygen atoms in total. The topological polar surface area (TPSA) is 20.3 Å². The molecule has 0 saturated heterocycles. The van der Waals surface area contributed by atoms with Crippen molar-refractivity contribution in [1.29, 1.82) is 0 Å². The third kappa shape index (κ3) is 4.76. The second-order valence-corrected chi connectivity index (χ2v) is 5.77. The predicted molar refractivity (Wildman–Crippen MR) is 72.8 cm³/mol. The Kier molecular flexibility index (Phi) is 4.98. The summed E-state index contributed by atoms with van der Waals surface area (Å²) in [4.78, 5) is 13.5. The highest BCUT2D eigenvalue weighted by Gasteiger charge is 2.22. The number of rotatable bonds is 3. The summed E-state index contributed by atoms with van der Waals surface area (Å²) in [5, 5.41) is 0. The van der Waals surface area contributed by atoms with Crippen molar-refractivity contribution in [3.05, 3.63) is 24.3 Å². The van der Waals surface area contributed by atoms with Crippen LogP contribution in [0.1, 0.15) is 47.0 Å². The number of amides is 1. The number of nitrogens with zero attached hydrogens (tertiary/aromatic N) is 1. The van der Waals surface area contributed by atoms with Gasteiger partial charge in [0.2, 0.25) is 5.91 Å². The summed E-state index contributed by atoms with van der Waals surface area (Å²) < 4.78 is 0. The van der Waals surface area contributed by atoms with Gasteiger partial charge in [-0.1, -0.05) is 24.3 Å². The molecule has 1 rings (SSSR count). The minimum Gasteiger partial charge on any atom is -0.334 e. The maximum atomic E-state index is 11.6. The molecule has 96 valence electrons. The number of allylic oxidation sites excluding steroid dienone is 3. The summed E-state index contributed by atoms with van der Waals surface area (Å²) in [5.74, 6) is 0.805. The van der Waals surface area contributed by atoms with Crippen LogP contribution in [0.4, 0.5) is 0 Å². The second-order valence-electron chi connectivity index (χ2n) is 5.77. The molecular formula is C15H25NO. The fraction of sp³-hybridized carbons (Fsp3) is 0.667. The summed E-state index contributed by atoms with van der Waals surface area (Å²) in [6.07, 6.45) is 12.5. The molecule has 17 heavy (non-hydrogen) atoms. The zero-order chi connectivity index (χ0) is 12.9. The van der Waals surface area contributed by atoms with Crippen LogP contribution in [-0.4, -0.2) is 22.9 Å². The van der Waals surface area contributed by atoms with Gasteiger partial charge in [0, 0.05) is 19.0 Å². The molecule has 0 aliphatic heterocycles. The monoisotopic (exact) mass is 235 g/mol. The maximum absolute atomic E-state index is 11.6. The van der Waals surface area contributed by atoms with Gasteiger partial charge in [0.25, 0.3) is 0 Å². The first kappa shape index (κ1) is 14.0. The van der Waals surface area contributed by atoms with Crippen molar-refractivity contribution in [2.24, 2.45) is 5.92 Å². The molecule has 1 unspecified atom stereocenters. The Bertz CT molecular complexity index is 309. The summed E-state index contributed by atoms with van der Waals surface area (Å²) >= 11 is 0. The van der Waals surface area contributed by atoms with Gasteiger partial charge in [-0.3, -0.25) is 4.79 Å². The lowest BCUT2D eigenvalue weighted by Gasteiger charge is -2.34. The highest BCUT2D eigenvalue weighted by molar-refractivity contribution is 5.74. The average molecular weight is 235 g/mol. The molecule has 0 aromatic heterocycles. The van der Waals surface area contributed by atoms with E-state index in [0.29, 0.717) is 5.92 Å². The number of carbonyl (C=O) groups is 1. The van der Waals surface area contributed by atoms with E-state index >= 15 is 0 Å². The van der Waals surface area contributed by atoms with E-state index in [4.69, 9.17) is 0 Å². The normalized spacial score (nSPS) is 20.8. The van der Waals surface area contributed by atoms with Crippen molar-refractivity contribution in [1.82, 2.24) is 4.90 Å². The zero-order valence-electron chi connectivity index (χ0n) is 11.6. The first-order valence-electron chi connectivity index (χ1n) is 6.51. The van der Waals surface area contributed by atoms with Crippen LogP contribution >= 0.6 is 0 Å². The number of hydrogen-bond acceptors (Lipinski definition) is 1. The fourth-order valence-corrected chi connectivity index (χ4v) is 2.23. The molecule has 1 aliphatic rings. The SMILES string of the molecule is CC(=O)N(CC=CC1CC=CCC1)C(C)(C)C. The Labute approximate surface area is 105 Å². The molecule has 0 N–H and O–H groups in total. The minimum atomic E-state index is -0.0946. The van der Waals surface area contributed by atoms with E-state index in [1.165, 1.54) is 12.8 Å². The quantitative estimate of drug-likeness (QED) is 0.685. The molecule has 0 fully saturated rings. The minimum absolute atomic E-state index is 0.0946.